The molecule has 3 N–H and O–H groups in total. The van der Waals surface area contributed by atoms with Crippen molar-refractivity contribution in [1.82, 2.24) is 0 Å². The zero-order chi connectivity index (χ0) is 13.5. The van der Waals surface area contributed by atoms with Gasteiger partial charge in [0.1, 0.15) is 6.29 Å². The van der Waals surface area contributed by atoms with Gasteiger partial charge in [0.25, 0.3) is 0 Å². The molecule has 0 bridgehead atoms. The Hall–Kier alpha value is -1.19. The van der Waals surface area contributed by atoms with Crippen LogP contribution in [0.5, 0.6) is 0 Å². The molecule has 0 aliphatic rings. The largest absolute Gasteiger partial charge is 0.400 e. The number of aryl methyl sites for hydroxylation is 1. The monoisotopic (exact) mass is 239 g/mol. The highest BCUT2D eigenvalue weighted by Crippen LogP contribution is 2.04. The van der Waals surface area contributed by atoms with E-state index < -0.39 is 0 Å². The lowest BCUT2D eigenvalue weighted by molar-refractivity contribution is -0.109. The van der Waals surface area contributed by atoms with Gasteiger partial charge in [-0.25, -0.2) is 0 Å². The Bertz CT molecular complexity index is 250. The number of aliphatic hydroxyl groups is 1. The molecule has 0 saturated heterocycles. The molecule has 1 aromatic rings. The van der Waals surface area contributed by atoms with E-state index in [2.05, 4.69) is 12.1 Å². The van der Waals surface area contributed by atoms with Crippen molar-refractivity contribution in [1.29, 1.82) is 0 Å². The van der Waals surface area contributed by atoms with Crippen LogP contribution in [-0.2, 0) is 11.2 Å². The zero-order valence-corrected chi connectivity index (χ0v) is 11.1. The van der Waals surface area contributed by atoms with Crippen LogP contribution < -0.4 is 5.73 Å². The molecule has 0 aromatic heterocycles. The molecule has 0 fully saturated rings. The molecular formula is C14H25NO2. The molecule has 0 heterocycles. The molecule has 1 unspecified atom stereocenters. The second kappa shape index (κ2) is 14.8. The Labute approximate surface area is 105 Å². The highest BCUT2D eigenvalue weighted by Gasteiger charge is 1.99. The number of rotatable bonds is 5. The fourth-order valence-corrected chi connectivity index (χ4v) is 1.25. The van der Waals surface area contributed by atoms with Crippen molar-refractivity contribution in [3.05, 3.63) is 35.9 Å². The highest BCUT2D eigenvalue weighted by atomic mass is 16.2. The van der Waals surface area contributed by atoms with Crippen LogP contribution >= 0.6 is 0 Å². The topological polar surface area (TPSA) is 63.3 Å². The third-order valence-electron chi connectivity index (χ3n) is 2.02. The lowest BCUT2D eigenvalue weighted by atomic mass is 10.1. The SMILES string of the molecule is CC.CO.NC(C=O)CCCc1ccccc1. The molecule has 0 radical (unpaired) electrons. The maximum absolute atomic E-state index is 10.2. The minimum absolute atomic E-state index is 0.288. The summed E-state index contributed by atoms with van der Waals surface area (Å²) in [7, 11) is 1.00. The van der Waals surface area contributed by atoms with Crippen LogP contribution in [0.3, 0.4) is 0 Å². The van der Waals surface area contributed by atoms with Gasteiger partial charge in [0, 0.05) is 7.11 Å². The van der Waals surface area contributed by atoms with Crippen LogP contribution in [0.4, 0.5) is 0 Å². The Morgan fingerprint density at radius 2 is 1.76 bits per heavy atom. The highest BCUT2D eigenvalue weighted by molar-refractivity contribution is 5.56. The smallest absolute Gasteiger partial charge is 0.136 e. The first-order valence-electron chi connectivity index (χ1n) is 6.02. The van der Waals surface area contributed by atoms with Crippen LogP contribution in [0.15, 0.2) is 30.3 Å². The van der Waals surface area contributed by atoms with Crippen molar-refractivity contribution in [2.45, 2.75) is 39.2 Å². The van der Waals surface area contributed by atoms with Crippen molar-refractivity contribution in [2.75, 3.05) is 7.11 Å². The van der Waals surface area contributed by atoms with Crippen LogP contribution in [0.1, 0.15) is 32.3 Å². The van der Waals surface area contributed by atoms with E-state index in [0.29, 0.717) is 0 Å². The van der Waals surface area contributed by atoms with Gasteiger partial charge in [-0.3, -0.25) is 0 Å². The van der Waals surface area contributed by atoms with E-state index in [-0.39, 0.29) is 6.04 Å². The van der Waals surface area contributed by atoms with Gasteiger partial charge in [0.15, 0.2) is 0 Å². The predicted molar refractivity (Wildman–Crippen MR) is 72.9 cm³/mol. The van der Waals surface area contributed by atoms with Crippen molar-refractivity contribution >= 4 is 6.29 Å². The van der Waals surface area contributed by atoms with Gasteiger partial charge >= 0.3 is 0 Å². The maximum Gasteiger partial charge on any atom is 0.136 e. The van der Waals surface area contributed by atoms with Gasteiger partial charge in [-0.15, -0.1) is 0 Å². The minimum Gasteiger partial charge on any atom is -0.400 e. The first-order valence-corrected chi connectivity index (χ1v) is 6.02. The maximum atomic E-state index is 10.2. The van der Waals surface area contributed by atoms with Gasteiger partial charge < -0.3 is 15.6 Å². The Morgan fingerprint density at radius 3 is 2.24 bits per heavy atom. The second-order valence-corrected chi connectivity index (χ2v) is 3.18. The molecule has 3 heteroatoms. The summed E-state index contributed by atoms with van der Waals surface area (Å²) < 4.78 is 0. The average Bonchev–Trinajstić information content (AvgIpc) is 2.44. The van der Waals surface area contributed by atoms with Crippen molar-refractivity contribution in [2.24, 2.45) is 5.73 Å². The number of nitrogens with two attached hydrogens (primary N) is 1. The standard InChI is InChI=1S/C11H15NO.C2H6.CH4O/c12-11(9-13)8-4-7-10-5-2-1-3-6-10;2*1-2/h1-3,5-6,9,11H,4,7-8,12H2;1-2H3;2H,1H3. The second-order valence-electron chi connectivity index (χ2n) is 3.18. The molecule has 0 saturated carbocycles. The van der Waals surface area contributed by atoms with E-state index in [1.807, 2.05) is 32.0 Å². The molecule has 98 valence electrons. The van der Waals surface area contributed by atoms with E-state index in [1.54, 1.807) is 0 Å². The first kappa shape index (κ1) is 18.2. The number of hydrogen-bond acceptors (Lipinski definition) is 3. The van der Waals surface area contributed by atoms with Gasteiger partial charge in [-0.1, -0.05) is 44.2 Å². The summed E-state index contributed by atoms with van der Waals surface area (Å²) in [6, 6.07) is 9.94. The summed E-state index contributed by atoms with van der Waals surface area (Å²) in [4.78, 5) is 10.2. The number of aliphatic hydroxyl groups excluding tert-OH is 1. The quantitative estimate of drug-likeness (QED) is 0.774. The molecule has 1 aromatic carbocycles. The molecule has 3 nitrogen and oxygen atoms in total. The van der Waals surface area contributed by atoms with Crippen LogP contribution in [0, 0.1) is 0 Å². The van der Waals surface area contributed by atoms with Gasteiger partial charge in [-0.2, -0.15) is 0 Å². The van der Waals surface area contributed by atoms with Crippen molar-refractivity contribution in [3.63, 3.8) is 0 Å². The van der Waals surface area contributed by atoms with Crippen molar-refractivity contribution in [3.8, 4) is 0 Å². The Balaban J connectivity index is 0. The average molecular weight is 239 g/mol. The molecule has 0 aliphatic carbocycles. The molecule has 0 spiro atoms. The molecule has 0 amide bonds. The summed E-state index contributed by atoms with van der Waals surface area (Å²) in [6.07, 6.45) is 3.57. The zero-order valence-electron chi connectivity index (χ0n) is 11.1. The predicted octanol–water partition coefficient (Wildman–Crippen LogP) is 2.17. The summed E-state index contributed by atoms with van der Waals surface area (Å²) in [5.74, 6) is 0. The summed E-state index contributed by atoms with van der Waals surface area (Å²) in [5.41, 5.74) is 6.78. The molecule has 1 atom stereocenters. The molecule has 17 heavy (non-hydrogen) atoms. The summed E-state index contributed by atoms with van der Waals surface area (Å²) in [6.45, 7) is 4.00. The van der Waals surface area contributed by atoms with Crippen LogP contribution in [0.2, 0.25) is 0 Å². The van der Waals surface area contributed by atoms with Crippen LogP contribution in [0.25, 0.3) is 0 Å². The van der Waals surface area contributed by atoms with E-state index in [9.17, 15) is 4.79 Å². The third kappa shape index (κ3) is 11.1. The summed E-state index contributed by atoms with van der Waals surface area (Å²) >= 11 is 0. The van der Waals surface area contributed by atoms with Crippen molar-refractivity contribution < 1.29 is 9.90 Å². The molecule has 0 aliphatic heterocycles. The Kier molecular flexibility index (Phi) is 15.8. The van der Waals surface area contributed by atoms with E-state index in [0.717, 1.165) is 32.7 Å². The fourth-order valence-electron chi connectivity index (χ4n) is 1.25. The minimum atomic E-state index is -0.288. The molecular weight excluding hydrogens is 214 g/mol. The van der Waals surface area contributed by atoms with E-state index in [4.69, 9.17) is 10.8 Å². The van der Waals surface area contributed by atoms with Gasteiger partial charge in [0.2, 0.25) is 0 Å². The number of carbonyl (C=O) groups excluding carboxylic acids is 1. The number of benzene rings is 1. The number of aldehydes is 1. The Morgan fingerprint density at radius 1 is 1.24 bits per heavy atom. The lowest BCUT2D eigenvalue weighted by Gasteiger charge is -2.03. The normalized spacial score (nSPS) is 10.2. The number of hydrogen-bond donors (Lipinski definition) is 2. The third-order valence-corrected chi connectivity index (χ3v) is 2.02. The summed E-state index contributed by atoms with van der Waals surface area (Å²) in [5, 5.41) is 7.00. The van der Waals surface area contributed by atoms with Gasteiger partial charge in [-0.05, 0) is 24.8 Å². The lowest BCUT2D eigenvalue weighted by Crippen LogP contribution is -2.21. The van der Waals surface area contributed by atoms with Gasteiger partial charge in [0.05, 0.1) is 6.04 Å². The van der Waals surface area contributed by atoms with E-state index in [1.165, 1.54) is 5.56 Å². The molecule has 1 rings (SSSR count). The van der Waals surface area contributed by atoms with Crippen LogP contribution in [-0.4, -0.2) is 24.5 Å². The number of carbonyl (C=O) groups is 1. The first-order chi connectivity index (χ1) is 8.33. The van der Waals surface area contributed by atoms with E-state index >= 15 is 0 Å². The fraction of sp³-hybridized carbons (Fsp3) is 0.500.